The van der Waals surface area contributed by atoms with Gasteiger partial charge in [0.15, 0.2) is 0 Å². The molecular formula is C28H28N2O3. The number of hydrogen-bond acceptors (Lipinski definition) is 4. The number of benzene rings is 3. The van der Waals surface area contributed by atoms with Gasteiger partial charge in [-0.2, -0.15) is 0 Å². The first-order valence-electron chi connectivity index (χ1n) is 11.2. The minimum Gasteiger partial charge on any atom is -0.492 e. The zero-order valence-electron chi connectivity index (χ0n) is 19.2. The van der Waals surface area contributed by atoms with Crippen molar-refractivity contribution < 1.29 is 14.3 Å². The summed E-state index contributed by atoms with van der Waals surface area (Å²) in [6, 6.07) is 23.1. The molecule has 0 saturated heterocycles. The van der Waals surface area contributed by atoms with E-state index in [4.69, 9.17) is 4.74 Å². The van der Waals surface area contributed by atoms with Crippen LogP contribution in [-0.4, -0.2) is 29.9 Å². The number of nitrogens with zero attached hydrogens (tertiary/aromatic N) is 1. The molecule has 0 radical (unpaired) electrons. The Morgan fingerprint density at radius 1 is 0.848 bits per heavy atom. The van der Waals surface area contributed by atoms with Crippen LogP contribution in [0.5, 0.6) is 5.75 Å². The molecule has 33 heavy (non-hydrogen) atoms. The molecule has 2 amide bonds. The maximum Gasteiger partial charge on any atom is 0.278 e. The van der Waals surface area contributed by atoms with Crippen molar-refractivity contribution in [1.82, 2.24) is 4.90 Å². The van der Waals surface area contributed by atoms with Crippen LogP contribution >= 0.6 is 0 Å². The van der Waals surface area contributed by atoms with Crippen LogP contribution in [0, 0.1) is 13.8 Å². The smallest absolute Gasteiger partial charge is 0.278 e. The SMILES string of the molecule is CCc1ccc(NC2=C(c3ccccc3)C(=O)N(CCOc3cc(C)cc(C)c3)C2=O)cc1. The largest absolute Gasteiger partial charge is 0.492 e. The highest BCUT2D eigenvalue weighted by molar-refractivity contribution is 6.36. The van der Waals surface area contributed by atoms with E-state index in [2.05, 4.69) is 18.3 Å². The van der Waals surface area contributed by atoms with Crippen LogP contribution in [0.15, 0.2) is 78.5 Å². The Labute approximate surface area is 194 Å². The van der Waals surface area contributed by atoms with Crippen LogP contribution < -0.4 is 10.1 Å². The average Bonchev–Trinajstić information content (AvgIpc) is 3.03. The standard InChI is InChI=1S/C28H28N2O3/c1-4-21-10-12-23(13-11-21)29-26-25(22-8-6-5-7-9-22)27(31)30(28(26)32)14-15-33-24-17-19(2)16-20(3)18-24/h5-13,16-18,29H,4,14-15H2,1-3H3. The fourth-order valence-corrected chi connectivity index (χ4v) is 4.01. The molecule has 0 saturated carbocycles. The summed E-state index contributed by atoms with van der Waals surface area (Å²) in [4.78, 5) is 27.9. The molecule has 1 aliphatic heterocycles. The number of rotatable bonds is 8. The highest BCUT2D eigenvalue weighted by Gasteiger charge is 2.39. The summed E-state index contributed by atoms with van der Waals surface area (Å²) in [7, 11) is 0. The topological polar surface area (TPSA) is 58.6 Å². The van der Waals surface area contributed by atoms with Crippen LogP contribution in [-0.2, 0) is 16.0 Å². The molecule has 1 N–H and O–H groups in total. The van der Waals surface area contributed by atoms with Crippen LogP contribution in [0.3, 0.4) is 0 Å². The van der Waals surface area contributed by atoms with Gasteiger partial charge >= 0.3 is 0 Å². The average molecular weight is 441 g/mol. The maximum absolute atomic E-state index is 13.3. The molecule has 3 aromatic rings. The number of amides is 2. The van der Waals surface area contributed by atoms with E-state index in [-0.39, 0.29) is 25.0 Å². The quantitative estimate of drug-likeness (QED) is 0.493. The Morgan fingerprint density at radius 2 is 1.52 bits per heavy atom. The first kappa shape index (κ1) is 22.3. The van der Waals surface area contributed by atoms with Gasteiger partial charge in [-0.3, -0.25) is 14.5 Å². The van der Waals surface area contributed by atoms with E-state index >= 15 is 0 Å². The fourth-order valence-electron chi connectivity index (χ4n) is 4.01. The summed E-state index contributed by atoms with van der Waals surface area (Å²) < 4.78 is 5.86. The van der Waals surface area contributed by atoms with E-state index in [1.165, 1.54) is 10.5 Å². The van der Waals surface area contributed by atoms with Gasteiger partial charge in [0.2, 0.25) is 0 Å². The van der Waals surface area contributed by atoms with Gasteiger partial charge in [-0.15, -0.1) is 0 Å². The molecule has 0 fully saturated rings. The number of carbonyl (C=O) groups excluding carboxylic acids is 2. The number of imide groups is 1. The van der Waals surface area contributed by atoms with Crippen molar-refractivity contribution in [2.75, 3.05) is 18.5 Å². The molecule has 1 heterocycles. The predicted octanol–water partition coefficient (Wildman–Crippen LogP) is 5.14. The second kappa shape index (κ2) is 9.74. The van der Waals surface area contributed by atoms with Gasteiger partial charge in [0.1, 0.15) is 18.1 Å². The lowest BCUT2D eigenvalue weighted by molar-refractivity contribution is -0.137. The van der Waals surface area contributed by atoms with Crippen LogP contribution in [0.25, 0.3) is 5.57 Å². The highest BCUT2D eigenvalue weighted by atomic mass is 16.5. The third-order valence-electron chi connectivity index (χ3n) is 5.64. The van der Waals surface area contributed by atoms with Crippen molar-refractivity contribution in [3.05, 3.63) is 101 Å². The van der Waals surface area contributed by atoms with Crippen molar-refractivity contribution in [1.29, 1.82) is 0 Å². The predicted molar refractivity (Wildman–Crippen MR) is 131 cm³/mol. The lowest BCUT2D eigenvalue weighted by Crippen LogP contribution is -2.36. The summed E-state index contributed by atoms with van der Waals surface area (Å²) in [5.41, 5.74) is 5.57. The normalized spacial score (nSPS) is 13.6. The summed E-state index contributed by atoms with van der Waals surface area (Å²) in [5.74, 6) is 0.0718. The highest BCUT2D eigenvalue weighted by Crippen LogP contribution is 2.30. The second-order valence-corrected chi connectivity index (χ2v) is 8.23. The van der Waals surface area contributed by atoms with Gasteiger partial charge in [0.05, 0.1) is 12.1 Å². The zero-order chi connectivity index (χ0) is 23.4. The Bertz CT molecular complexity index is 1180. The Balaban J connectivity index is 1.56. The third kappa shape index (κ3) is 4.98. The van der Waals surface area contributed by atoms with Crippen LogP contribution in [0.4, 0.5) is 5.69 Å². The molecule has 0 bridgehead atoms. The number of aryl methyl sites for hydroxylation is 3. The van der Waals surface area contributed by atoms with Gasteiger partial charge in [-0.1, -0.05) is 55.5 Å². The molecule has 4 rings (SSSR count). The molecule has 1 aliphatic rings. The minimum atomic E-state index is -0.345. The molecule has 5 nitrogen and oxygen atoms in total. The van der Waals surface area contributed by atoms with E-state index in [9.17, 15) is 9.59 Å². The summed E-state index contributed by atoms with van der Waals surface area (Å²) in [6.07, 6.45) is 0.934. The fraction of sp³-hybridized carbons (Fsp3) is 0.214. The Kier molecular flexibility index (Phi) is 6.59. The number of nitrogens with one attached hydrogen (secondary N) is 1. The molecule has 3 aromatic carbocycles. The van der Waals surface area contributed by atoms with Gasteiger partial charge < -0.3 is 10.1 Å². The van der Waals surface area contributed by atoms with Crippen molar-refractivity contribution in [3.8, 4) is 5.75 Å². The van der Waals surface area contributed by atoms with Gasteiger partial charge in [0, 0.05) is 5.69 Å². The summed E-state index contributed by atoms with van der Waals surface area (Å²) in [6.45, 7) is 6.50. The van der Waals surface area contributed by atoms with Crippen LogP contribution in [0.2, 0.25) is 0 Å². The van der Waals surface area contributed by atoms with Gasteiger partial charge in [-0.25, -0.2) is 0 Å². The zero-order valence-corrected chi connectivity index (χ0v) is 19.2. The van der Waals surface area contributed by atoms with E-state index in [1.807, 2.05) is 80.6 Å². The van der Waals surface area contributed by atoms with E-state index in [0.29, 0.717) is 16.8 Å². The third-order valence-corrected chi connectivity index (χ3v) is 5.64. The van der Waals surface area contributed by atoms with Crippen molar-refractivity contribution in [3.63, 3.8) is 0 Å². The van der Waals surface area contributed by atoms with Crippen molar-refractivity contribution in [2.24, 2.45) is 0 Å². The molecule has 168 valence electrons. The second-order valence-electron chi connectivity index (χ2n) is 8.23. The van der Waals surface area contributed by atoms with Crippen molar-refractivity contribution in [2.45, 2.75) is 27.2 Å². The maximum atomic E-state index is 13.3. The number of carbonyl (C=O) groups is 2. The van der Waals surface area contributed by atoms with Gasteiger partial charge in [-0.05, 0) is 66.8 Å². The molecule has 0 atom stereocenters. The first-order valence-corrected chi connectivity index (χ1v) is 11.2. The van der Waals surface area contributed by atoms with Crippen LogP contribution in [0.1, 0.15) is 29.2 Å². The summed E-state index contributed by atoms with van der Waals surface area (Å²) in [5, 5.41) is 3.20. The Morgan fingerprint density at radius 3 is 2.15 bits per heavy atom. The Hall–Kier alpha value is -3.86. The van der Waals surface area contributed by atoms with Crippen molar-refractivity contribution >= 4 is 23.1 Å². The molecule has 5 heteroatoms. The van der Waals surface area contributed by atoms with E-state index in [1.54, 1.807) is 0 Å². The molecule has 0 aromatic heterocycles. The summed E-state index contributed by atoms with van der Waals surface area (Å²) >= 11 is 0. The monoisotopic (exact) mass is 440 g/mol. The lowest BCUT2D eigenvalue weighted by Gasteiger charge is -2.16. The number of ether oxygens (including phenoxy) is 1. The first-order chi connectivity index (χ1) is 16.0. The molecule has 0 spiro atoms. The number of anilines is 1. The van der Waals surface area contributed by atoms with E-state index < -0.39 is 0 Å². The minimum absolute atomic E-state index is 0.168. The number of hydrogen-bond donors (Lipinski definition) is 1. The molecule has 0 unspecified atom stereocenters. The molecular weight excluding hydrogens is 412 g/mol. The lowest BCUT2D eigenvalue weighted by atomic mass is 10.0. The van der Waals surface area contributed by atoms with Gasteiger partial charge in [0.25, 0.3) is 11.8 Å². The van der Waals surface area contributed by atoms with E-state index in [0.717, 1.165) is 29.0 Å². The molecule has 0 aliphatic carbocycles.